The van der Waals surface area contributed by atoms with E-state index in [4.69, 9.17) is 11.6 Å². The molecule has 3 nitrogen and oxygen atoms in total. The fourth-order valence-corrected chi connectivity index (χ4v) is 3.67. The van der Waals surface area contributed by atoms with Gasteiger partial charge in [0.05, 0.1) is 10.9 Å². The summed E-state index contributed by atoms with van der Waals surface area (Å²) in [5, 5.41) is 10.6. The highest BCUT2D eigenvalue weighted by Gasteiger charge is 2.32. The predicted molar refractivity (Wildman–Crippen MR) is 68.5 cm³/mol. The SMILES string of the molecule is O=C(O)C1CCCCC1Sc1ncccc1Cl. The maximum absolute atomic E-state index is 11.2. The number of halogens is 1. The lowest BCUT2D eigenvalue weighted by Crippen LogP contribution is -2.29. The van der Waals surface area contributed by atoms with Gasteiger partial charge >= 0.3 is 5.97 Å². The highest BCUT2D eigenvalue weighted by molar-refractivity contribution is 8.00. The highest BCUT2D eigenvalue weighted by Crippen LogP contribution is 2.38. The van der Waals surface area contributed by atoms with Gasteiger partial charge in [-0.25, -0.2) is 4.98 Å². The molecule has 1 saturated carbocycles. The summed E-state index contributed by atoms with van der Waals surface area (Å²) in [5.41, 5.74) is 0. The zero-order chi connectivity index (χ0) is 12.3. The number of carbonyl (C=O) groups is 1. The summed E-state index contributed by atoms with van der Waals surface area (Å²) >= 11 is 7.54. The number of hydrogen-bond acceptors (Lipinski definition) is 3. The maximum Gasteiger partial charge on any atom is 0.307 e. The van der Waals surface area contributed by atoms with Crippen LogP contribution in [0.15, 0.2) is 23.4 Å². The Bertz CT molecular complexity index is 413. The first-order valence-electron chi connectivity index (χ1n) is 5.68. The average molecular weight is 272 g/mol. The van der Waals surface area contributed by atoms with E-state index in [-0.39, 0.29) is 11.2 Å². The van der Waals surface area contributed by atoms with E-state index in [1.807, 2.05) is 0 Å². The molecule has 1 N–H and O–H groups in total. The van der Waals surface area contributed by atoms with Crippen molar-refractivity contribution in [3.05, 3.63) is 23.4 Å². The van der Waals surface area contributed by atoms with Gasteiger partial charge in [0.15, 0.2) is 0 Å². The lowest BCUT2D eigenvalue weighted by atomic mass is 9.89. The second-order valence-electron chi connectivity index (χ2n) is 4.18. The molecule has 0 aliphatic heterocycles. The standard InChI is InChI=1S/C12H14ClNO2S/c13-9-5-3-7-14-11(9)17-10-6-2-1-4-8(10)12(15)16/h3,5,7-8,10H,1-2,4,6H2,(H,15,16). The zero-order valence-electron chi connectivity index (χ0n) is 9.30. The van der Waals surface area contributed by atoms with Crippen molar-refractivity contribution in [3.8, 4) is 0 Å². The lowest BCUT2D eigenvalue weighted by Gasteiger charge is -2.27. The lowest BCUT2D eigenvalue weighted by molar-refractivity contribution is -0.142. The molecule has 1 aliphatic rings. The van der Waals surface area contributed by atoms with Crippen molar-refractivity contribution in [2.24, 2.45) is 5.92 Å². The third kappa shape index (κ3) is 3.13. The molecule has 0 spiro atoms. The Morgan fingerprint density at radius 2 is 2.24 bits per heavy atom. The number of carboxylic acids is 1. The molecule has 5 heteroatoms. The monoisotopic (exact) mass is 271 g/mol. The molecule has 1 aromatic heterocycles. The minimum absolute atomic E-state index is 0.0913. The largest absolute Gasteiger partial charge is 0.481 e. The molecule has 2 atom stereocenters. The van der Waals surface area contributed by atoms with Crippen LogP contribution in [0.5, 0.6) is 0 Å². The summed E-state index contributed by atoms with van der Waals surface area (Å²) in [6.45, 7) is 0. The fraction of sp³-hybridized carbons (Fsp3) is 0.500. The van der Waals surface area contributed by atoms with Crippen LogP contribution in [-0.4, -0.2) is 21.3 Å². The van der Waals surface area contributed by atoms with Gasteiger partial charge in [0.25, 0.3) is 0 Å². The third-order valence-electron chi connectivity index (χ3n) is 3.01. The van der Waals surface area contributed by atoms with Gasteiger partial charge in [0.1, 0.15) is 5.03 Å². The van der Waals surface area contributed by atoms with Gasteiger partial charge in [-0.3, -0.25) is 4.79 Å². The van der Waals surface area contributed by atoms with Crippen LogP contribution in [0.2, 0.25) is 5.02 Å². The molecular formula is C12H14ClNO2S. The van der Waals surface area contributed by atoms with Gasteiger partial charge in [0.2, 0.25) is 0 Å². The Morgan fingerprint density at radius 3 is 2.94 bits per heavy atom. The van der Waals surface area contributed by atoms with E-state index in [2.05, 4.69) is 4.98 Å². The smallest absolute Gasteiger partial charge is 0.307 e. The predicted octanol–water partition coefficient (Wildman–Crippen LogP) is 3.47. The van der Waals surface area contributed by atoms with Crippen molar-refractivity contribution in [2.45, 2.75) is 36.0 Å². The summed E-state index contributed by atoms with van der Waals surface area (Å²) in [6, 6.07) is 3.57. The van der Waals surface area contributed by atoms with Crippen LogP contribution in [0.1, 0.15) is 25.7 Å². The molecule has 0 radical (unpaired) electrons. The number of nitrogens with zero attached hydrogens (tertiary/aromatic N) is 1. The van der Waals surface area contributed by atoms with E-state index in [9.17, 15) is 9.90 Å². The average Bonchev–Trinajstić information content (AvgIpc) is 2.32. The van der Waals surface area contributed by atoms with Gasteiger partial charge < -0.3 is 5.11 Å². The van der Waals surface area contributed by atoms with Crippen LogP contribution < -0.4 is 0 Å². The van der Waals surface area contributed by atoms with Crippen LogP contribution in [0.4, 0.5) is 0 Å². The zero-order valence-corrected chi connectivity index (χ0v) is 10.9. The number of thioether (sulfide) groups is 1. The number of rotatable bonds is 3. The Balaban J connectivity index is 2.11. The molecule has 0 saturated heterocycles. The van der Waals surface area contributed by atoms with Gasteiger partial charge in [-0.2, -0.15) is 0 Å². The molecule has 0 bridgehead atoms. The van der Waals surface area contributed by atoms with Crippen molar-refractivity contribution >= 4 is 29.3 Å². The number of aliphatic carboxylic acids is 1. The van der Waals surface area contributed by atoms with Gasteiger partial charge in [-0.15, -0.1) is 11.8 Å². The maximum atomic E-state index is 11.2. The van der Waals surface area contributed by atoms with E-state index in [0.29, 0.717) is 5.02 Å². The van der Waals surface area contributed by atoms with Crippen molar-refractivity contribution in [1.82, 2.24) is 4.98 Å². The molecule has 2 rings (SSSR count). The molecule has 1 aliphatic carbocycles. The third-order valence-corrected chi connectivity index (χ3v) is 4.84. The summed E-state index contributed by atoms with van der Waals surface area (Å²) in [7, 11) is 0. The quantitative estimate of drug-likeness (QED) is 0.915. The van der Waals surface area contributed by atoms with Crippen LogP contribution in [0, 0.1) is 5.92 Å². The molecule has 1 fully saturated rings. The van der Waals surface area contributed by atoms with Crippen LogP contribution in [0.25, 0.3) is 0 Å². The molecule has 0 amide bonds. The van der Waals surface area contributed by atoms with E-state index >= 15 is 0 Å². The fourth-order valence-electron chi connectivity index (χ4n) is 2.12. The molecule has 92 valence electrons. The number of hydrogen-bond donors (Lipinski definition) is 1. The Morgan fingerprint density at radius 1 is 1.47 bits per heavy atom. The second kappa shape index (κ2) is 5.74. The van der Waals surface area contributed by atoms with Crippen LogP contribution in [-0.2, 0) is 4.79 Å². The van der Waals surface area contributed by atoms with E-state index in [0.717, 1.165) is 30.7 Å². The molecule has 2 unspecified atom stereocenters. The summed E-state index contributed by atoms with van der Waals surface area (Å²) in [6.07, 6.45) is 5.47. The summed E-state index contributed by atoms with van der Waals surface area (Å²) in [5.74, 6) is -0.971. The van der Waals surface area contributed by atoms with Crippen molar-refractivity contribution in [1.29, 1.82) is 0 Å². The van der Waals surface area contributed by atoms with Gasteiger partial charge in [0, 0.05) is 11.4 Å². The van der Waals surface area contributed by atoms with Crippen molar-refractivity contribution in [2.75, 3.05) is 0 Å². The van der Waals surface area contributed by atoms with E-state index in [1.165, 1.54) is 11.8 Å². The minimum Gasteiger partial charge on any atom is -0.481 e. The van der Waals surface area contributed by atoms with Crippen molar-refractivity contribution < 1.29 is 9.90 Å². The second-order valence-corrected chi connectivity index (χ2v) is 5.81. The Hall–Kier alpha value is -0.740. The Kier molecular flexibility index (Phi) is 4.29. The van der Waals surface area contributed by atoms with E-state index < -0.39 is 5.97 Å². The number of aromatic nitrogens is 1. The first kappa shape index (κ1) is 12.7. The first-order chi connectivity index (χ1) is 8.18. The van der Waals surface area contributed by atoms with Gasteiger partial charge in [-0.1, -0.05) is 24.4 Å². The minimum atomic E-state index is -0.700. The van der Waals surface area contributed by atoms with Crippen LogP contribution in [0.3, 0.4) is 0 Å². The number of pyridine rings is 1. The normalized spacial score (nSPS) is 24.5. The highest BCUT2D eigenvalue weighted by atomic mass is 35.5. The molecule has 1 heterocycles. The molecular weight excluding hydrogens is 258 g/mol. The van der Waals surface area contributed by atoms with Crippen molar-refractivity contribution in [3.63, 3.8) is 0 Å². The topological polar surface area (TPSA) is 50.2 Å². The molecule has 1 aromatic rings. The Labute approximate surface area is 110 Å². The summed E-state index contributed by atoms with van der Waals surface area (Å²) in [4.78, 5) is 15.4. The first-order valence-corrected chi connectivity index (χ1v) is 6.94. The molecule has 17 heavy (non-hydrogen) atoms. The molecule has 0 aromatic carbocycles. The summed E-state index contributed by atoms with van der Waals surface area (Å²) < 4.78 is 0. The number of carboxylic acid groups (broad SMARTS) is 1. The van der Waals surface area contributed by atoms with Crippen LogP contribution >= 0.6 is 23.4 Å². The van der Waals surface area contributed by atoms with Gasteiger partial charge in [-0.05, 0) is 25.0 Å². The van der Waals surface area contributed by atoms with E-state index in [1.54, 1.807) is 18.3 Å².